The molecule has 1 aliphatic rings. The van der Waals surface area contributed by atoms with Gasteiger partial charge in [-0.2, -0.15) is 11.8 Å². The Kier molecular flexibility index (Phi) is 6.60. The lowest BCUT2D eigenvalue weighted by atomic mass is 9.95. The van der Waals surface area contributed by atoms with Gasteiger partial charge in [-0.05, 0) is 43.6 Å². The lowest BCUT2D eigenvalue weighted by Gasteiger charge is -2.25. The highest BCUT2D eigenvalue weighted by Gasteiger charge is 2.18. The van der Waals surface area contributed by atoms with Crippen molar-refractivity contribution in [3.05, 3.63) is 0 Å². The number of rotatable bonds is 6. The number of hydrogen-bond donors (Lipinski definition) is 2. The fourth-order valence-electron chi connectivity index (χ4n) is 1.83. The average Bonchev–Trinajstić information content (AvgIpc) is 2.25. The van der Waals surface area contributed by atoms with Crippen molar-refractivity contribution in [2.24, 2.45) is 11.8 Å². The number of ether oxygens (including phenoxy) is 1. The van der Waals surface area contributed by atoms with E-state index in [2.05, 4.69) is 17.2 Å². The molecule has 1 aliphatic heterocycles. The molecule has 3 nitrogen and oxygen atoms in total. The molecule has 1 rings (SSSR count). The maximum atomic E-state index is 5.50. The molecule has 0 spiro atoms. The van der Waals surface area contributed by atoms with Crippen LogP contribution in [-0.2, 0) is 4.74 Å². The van der Waals surface area contributed by atoms with Crippen molar-refractivity contribution >= 4 is 11.8 Å². The molecular formula is C10H22N2OS. The molecule has 0 amide bonds. The van der Waals surface area contributed by atoms with Gasteiger partial charge in [0.2, 0.25) is 0 Å². The van der Waals surface area contributed by atoms with Crippen LogP contribution in [-0.4, -0.2) is 30.8 Å². The SMILES string of the molecule is CCOCC(CC1CCSCC1)NN. The quantitative estimate of drug-likeness (QED) is 0.522. The zero-order valence-electron chi connectivity index (χ0n) is 9.00. The highest BCUT2D eigenvalue weighted by molar-refractivity contribution is 7.99. The Morgan fingerprint density at radius 3 is 2.79 bits per heavy atom. The lowest BCUT2D eigenvalue weighted by Crippen LogP contribution is -2.40. The van der Waals surface area contributed by atoms with Gasteiger partial charge in [0.25, 0.3) is 0 Å². The molecule has 1 heterocycles. The molecular weight excluding hydrogens is 196 g/mol. The van der Waals surface area contributed by atoms with Gasteiger partial charge in [0.1, 0.15) is 0 Å². The first-order valence-corrected chi connectivity index (χ1v) is 6.64. The molecule has 0 aromatic heterocycles. The normalized spacial score (nSPS) is 21.0. The van der Waals surface area contributed by atoms with E-state index in [1.807, 2.05) is 6.92 Å². The van der Waals surface area contributed by atoms with Gasteiger partial charge in [0, 0.05) is 12.6 Å². The summed E-state index contributed by atoms with van der Waals surface area (Å²) in [5.74, 6) is 8.97. The molecule has 0 radical (unpaired) electrons. The first-order chi connectivity index (χ1) is 6.86. The van der Waals surface area contributed by atoms with Crippen LogP contribution in [0.15, 0.2) is 0 Å². The van der Waals surface area contributed by atoms with Gasteiger partial charge >= 0.3 is 0 Å². The largest absolute Gasteiger partial charge is 0.380 e. The number of hydrogen-bond acceptors (Lipinski definition) is 4. The van der Waals surface area contributed by atoms with Crippen molar-refractivity contribution < 1.29 is 4.74 Å². The topological polar surface area (TPSA) is 47.3 Å². The minimum Gasteiger partial charge on any atom is -0.380 e. The summed E-state index contributed by atoms with van der Waals surface area (Å²) < 4.78 is 5.38. The summed E-state index contributed by atoms with van der Waals surface area (Å²) in [6.07, 6.45) is 3.85. The van der Waals surface area contributed by atoms with Crippen molar-refractivity contribution in [2.45, 2.75) is 32.2 Å². The fourth-order valence-corrected chi connectivity index (χ4v) is 3.03. The Labute approximate surface area is 91.1 Å². The number of thioether (sulfide) groups is 1. The van der Waals surface area contributed by atoms with Gasteiger partial charge in [0.05, 0.1) is 6.61 Å². The Morgan fingerprint density at radius 1 is 1.50 bits per heavy atom. The molecule has 3 N–H and O–H groups in total. The maximum absolute atomic E-state index is 5.50. The molecule has 0 saturated carbocycles. The second kappa shape index (κ2) is 7.51. The van der Waals surface area contributed by atoms with E-state index in [-0.39, 0.29) is 0 Å². The van der Waals surface area contributed by atoms with Crippen LogP contribution in [0, 0.1) is 5.92 Å². The molecule has 0 bridgehead atoms. The van der Waals surface area contributed by atoms with E-state index in [0.717, 1.165) is 25.6 Å². The summed E-state index contributed by atoms with van der Waals surface area (Å²) in [6, 6.07) is 0.336. The number of hydrazine groups is 1. The van der Waals surface area contributed by atoms with Crippen molar-refractivity contribution in [3.8, 4) is 0 Å². The zero-order chi connectivity index (χ0) is 10.2. The van der Waals surface area contributed by atoms with Gasteiger partial charge in [-0.15, -0.1) is 0 Å². The van der Waals surface area contributed by atoms with Crippen LogP contribution < -0.4 is 11.3 Å². The van der Waals surface area contributed by atoms with Crippen LogP contribution in [0.3, 0.4) is 0 Å². The fraction of sp³-hybridized carbons (Fsp3) is 1.00. The highest BCUT2D eigenvalue weighted by Crippen LogP contribution is 2.26. The zero-order valence-corrected chi connectivity index (χ0v) is 9.81. The van der Waals surface area contributed by atoms with Gasteiger partial charge < -0.3 is 4.74 Å². The Bertz CT molecular complexity index is 140. The standard InChI is InChI=1S/C10H22N2OS/c1-2-13-8-10(12-11)7-9-3-5-14-6-4-9/h9-10,12H,2-8,11H2,1H3. The minimum atomic E-state index is 0.336. The first-order valence-electron chi connectivity index (χ1n) is 5.48. The van der Waals surface area contributed by atoms with E-state index >= 15 is 0 Å². The predicted octanol–water partition coefficient (Wildman–Crippen LogP) is 1.39. The summed E-state index contributed by atoms with van der Waals surface area (Å²) in [5.41, 5.74) is 2.85. The highest BCUT2D eigenvalue weighted by atomic mass is 32.2. The van der Waals surface area contributed by atoms with E-state index in [1.165, 1.54) is 24.3 Å². The van der Waals surface area contributed by atoms with Crippen LogP contribution in [0.4, 0.5) is 0 Å². The molecule has 0 aliphatic carbocycles. The van der Waals surface area contributed by atoms with Gasteiger partial charge in [-0.3, -0.25) is 11.3 Å². The summed E-state index contributed by atoms with van der Waals surface area (Å²) in [5, 5.41) is 0. The first kappa shape index (κ1) is 12.3. The third kappa shape index (κ3) is 4.64. The summed E-state index contributed by atoms with van der Waals surface area (Å²) in [4.78, 5) is 0. The molecule has 1 saturated heterocycles. The van der Waals surface area contributed by atoms with E-state index in [9.17, 15) is 0 Å². The Hall–Kier alpha value is 0.230. The van der Waals surface area contributed by atoms with Gasteiger partial charge in [0.15, 0.2) is 0 Å². The van der Waals surface area contributed by atoms with Crippen molar-refractivity contribution in [1.82, 2.24) is 5.43 Å². The Morgan fingerprint density at radius 2 is 2.21 bits per heavy atom. The van der Waals surface area contributed by atoms with E-state index in [1.54, 1.807) is 0 Å². The van der Waals surface area contributed by atoms with Crippen molar-refractivity contribution in [2.75, 3.05) is 24.7 Å². The summed E-state index contributed by atoms with van der Waals surface area (Å²) in [7, 11) is 0. The minimum absolute atomic E-state index is 0.336. The molecule has 84 valence electrons. The Balaban J connectivity index is 2.16. The monoisotopic (exact) mass is 218 g/mol. The third-order valence-corrected chi connectivity index (χ3v) is 3.77. The van der Waals surface area contributed by atoms with Gasteiger partial charge in [-0.25, -0.2) is 0 Å². The van der Waals surface area contributed by atoms with Crippen LogP contribution in [0.2, 0.25) is 0 Å². The summed E-state index contributed by atoms with van der Waals surface area (Å²) in [6.45, 7) is 3.54. The van der Waals surface area contributed by atoms with Crippen molar-refractivity contribution in [3.63, 3.8) is 0 Å². The average molecular weight is 218 g/mol. The molecule has 4 heteroatoms. The number of nitrogens with two attached hydrogens (primary N) is 1. The molecule has 0 aromatic rings. The predicted molar refractivity (Wildman–Crippen MR) is 62.3 cm³/mol. The van der Waals surface area contributed by atoms with E-state index in [4.69, 9.17) is 10.6 Å². The molecule has 14 heavy (non-hydrogen) atoms. The number of nitrogens with one attached hydrogen (secondary N) is 1. The summed E-state index contributed by atoms with van der Waals surface area (Å²) >= 11 is 2.07. The second-order valence-corrected chi connectivity index (χ2v) is 5.04. The maximum Gasteiger partial charge on any atom is 0.0633 e. The lowest BCUT2D eigenvalue weighted by molar-refractivity contribution is 0.113. The molecule has 1 unspecified atom stereocenters. The van der Waals surface area contributed by atoms with Crippen LogP contribution in [0.1, 0.15) is 26.2 Å². The molecule has 0 aromatic carbocycles. The van der Waals surface area contributed by atoms with E-state index < -0.39 is 0 Å². The smallest absolute Gasteiger partial charge is 0.0633 e. The van der Waals surface area contributed by atoms with Crippen LogP contribution >= 0.6 is 11.8 Å². The van der Waals surface area contributed by atoms with Crippen LogP contribution in [0.25, 0.3) is 0 Å². The van der Waals surface area contributed by atoms with E-state index in [0.29, 0.717) is 6.04 Å². The third-order valence-electron chi connectivity index (χ3n) is 2.72. The van der Waals surface area contributed by atoms with Gasteiger partial charge in [-0.1, -0.05) is 0 Å². The van der Waals surface area contributed by atoms with Crippen LogP contribution in [0.5, 0.6) is 0 Å². The second-order valence-electron chi connectivity index (χ2n) is 3.81. The molecule has 1 fully saturated rings. The molecule has 1 atom stereocenters. The van der Waals surface area contributed by atoms with Crippen molar-refractivity contribution in [1.29, 1.82) is 0 Å².